The minimum Gasteiger partial charge on any atom is -0.340 e. The van der Waals surface area contributed by atoms with Gasteiger partial charge in [-0.3, -0.25) is 4.79 Å². The van der Waals surface area contributed by atoms with Gasteiger partial charge in [-0.15, -0.1) is 11.3 Å². The Hall–Kier alpha value is -0.940. The Morgan fingerprint density at radius 1 is 1.47 bits per heavy atom. The van der Waals surface area contributed by atoms with E-state index in [-0.39, 0.29) is 5.91 Å². The molecule has 1 aromatic heterocycles. The van der Waals surface area contributed by atoms with Gasteiger partial charge in [-0.25, -0.2) is 4.98 Å². The number of rotatable bonds is 5. The van der Waals surface area contributed by atoms with Crippen LogP contribution in [-0.4, -0.2) is 29.4 Å². The lowest BCUT2D eigenvalue weighted by atomic mass is 9.87. The van der Waals surface area contributed by atoms with E-state index in [1.165, 1.54) is 43.4 Å². The van der Waals surface area contributed by atoms with E-state index in [0.29, 0.717) is 12.2 Å². The maximum absolute atomic E-state index is 12.2. The average Bonchev–Trinajstić information content (AvgIpc) is 2.94. The summed E-state index contributed by atoms with van der Waals surface area (Å²) in [6.45, 7) is 1.24. The highest BCUT2D eigenvalue weighted by molar-refractivity contribution is 7.09. The molecule has 0 bridgehead atoms. The van der Waals surface area contributed by atoms with Crippen LogP contribution in [0.15, 0.2) is 5.38 Å². The summed E-state index contributed by atoms with van der Waals surface area (Å²) >= 11 is 1.46. The summed E-state index contributed by atoms with van der Waals surface area (Å²) in [5, 5.41) is 2.63. The number of hydrogen-bond donors (Lipinski definition) is 1. The molecule has 1 amide bonds. The third kappa shape index (κ3) is 4.01. The van der Waals surface area contributed by atoms with Crippen LogP contribution in [0.5, 0.6) is 0 Å². The van der Waals surface area contributed by atoms with E-state index in [9.17, 15) is 4.79 Å². The van der Waals surface area contributed by atoms with Gasteiger partial charge in [-0.05, 0) is 12.3 Å². The van der Waals surface area contributed by atoms with Gasteiger partial charge in [0.05, 0.1) is 0 Å². The van der Waals surface area contributed by atoms with Gasteiger partial charge in [0.1, 0.15) is 10.7 Å². The van der Waals surface area contributed by atoms with Crippen molar-refractivity contribution in [1.29, 1.82) is 0 Å². The summed E-state index contributed by atoms with van der Waals surface area (Å²) in [5.74, 6) is 0.825. The molecular formula is C14H23N3OS. The third-order valence-electron chi connectivity index (χ3n) is 3.89. The fraction of sp³-hybridized carbons (Fsp3) is 0.714. The van der Waals surface area contributed by atoms with Crippen molar-refractivity contribution in [1.82, 2.24) is 9.88 Å². The van der Waals surface area contributed by atoms with Gasteiger partial charge < -0.3 is 10.6 Å². The summed E-state index contributed by atoms with van der Waals surface area (Å²) in [7, 11) is 1.87. The Bertz CT molecular complexity index is 413. The second-order valence-corrected chi connectivity index (χ2v) is 6.29. The average molecular weight is 281 g/mol. The molecule has 1 aliphatic carbocycles. The number of thiazole rings is 1. The summed E-state index contributed by atoms with van der Waals surface area (Å²) in [6.07, 6.45) is 7.87. The molecule has 0 aliphatic heterocycles. The van der Waals surface area contributed by atoms with Crippen molar-refractivity contribution >= 4 is 17.2 Å². The van der Waals surface area contributed by atoms with Crippen LogP contribution in [0.25, 0.3) is 0 Å². The Morgan fingerprint density at radius 3 is 2.84 bits per heavy atom. The highest BCUT2D eigenvalue weighted by Crippen LogP contribution is 2.26. The molecule has 4 nitrogen and oxygen atoms in total. The molecular weight excluding hydrogens is 258 g/mol. The minimum atomic E-state index is 0.0201. The van der Waals surface area contributed by atoms with Crippen molar-refractivity contribution in [3.8, 4) is 0 Å². The van der Waals surface area contributed by atoms with Crippen molar-refractivity contribution in [2.45, 2.75) is 45.1 Å². The van der Waals surface area contributed by atoms with Gasteiger partial charge in [-0.1, -0.05) is 32.1 Å². The normalized spacial score (nSPS) is 16.5. The maximum Gasteiger partial charge on any atom is 0.273 e. The van der Waals surface area contributed by atoms with E-state index in [4.69, 9.17) is 5.73 Å². The van der Waals surface area contributed by atoms with Crippen molar-refractivity contribution in [3.05, 3.63) is 16.1 Å². The van der Waals surface area contributed by atoms with Crippen molar-refractivity contribution in [2.24, 2.45) is 11.7 Å². The van der Waals surface area contributed by atoms with Crippen molar-refractivity contribution in [3.63, 3.8) is 0 Å². The molecule has 0 spiro atoms. The molecule has 2 N–H and O–H groups in total. The number of nitrogens with two attached hydrogens (primary N) is 1. The fourth-order valence-corrected chi connectivity index (χ4v) is 3.30. The van der Waals surface area contributed by atoms with Crippen LogP contribution in [0.4, 0.5) is 0 Å². The zero-order valence-corrected chi connectivity index (χ0v) is 12.4. The number of amides is 1. The zero-order chi connectivity index (χ0) is 13.7. The summed E-state index contributed by atoms with van der Waals surface area (Å²) in [5.41, 5.74) is 6.06. The Labute approximate surface area is 119 Å². The topological polar surface area (TPSA) is 59.2 Å². The Balaban J connectivity index is 1.81. The molecule has 106 valence electrons. The van der Waals surface area contributed by atoms with Crippen LogP contribution in [0.1, 0.15) is 54.0 Å². The van der Waals surface area contributed by atoms with Gasteiger partial charge in [0.2, 0.25) is 0 Å². The second kappa shape index (κ2) is 7.01. The van der Waals surface area contributed by atoms with Gasteiger partial charge in [0.25, 0.3) is 5.91 Å². The highest BCUT2D eigenvalue weighted by Gasteiger charge is 2.18. The van der Waals surface area contributed by atoms with Gasteiger partial charge in [0.15, 0.2) is 0 Å². The highest BCUT2D eigenvalue weighted by atomic mass is 32.1. The van der Waals surface area contributed by atoms with E-state index < -0.39 is 0 Å². The molecule has 0 unspecified atom stereocenters. The lowest BCUT2D eigenvalue weighted by molar-refractivity contribution is 0.0778. The van der Waals surface area contributed by atoms with E-state index >= 15 is 0 Å². The number of aromatic nitrogens is 1. The van der Waals surface area contributed by atoms with Crippen molar-refractivity contribution in [2.75, 3.05) is 13.6 Å². The summed E-state index contributed by atoms with van der Waals surface area (Å²) in [4.78, 5) is 18.2. The number of hydrogen-bond acceptors (Lipinski definition) is 4. The summed E-state index contributed by atoms with van der Waals surface area (Å²) in [6, 6.07) is 0. The smallest absolute Gasteiger partial charge is 0.273 e. The molecule has 1 aromatic rings. The van der Waals surface area contributed by atoms with Crippen LogP contribution in [0.3, 0.4) is 0 Å². The largest absolute Gasteiger partial charge is 0.340 e. The summed E-state index contributed by atoms with van der Waals surface area (Å²) < 4.78 is 0. The molecule has 1 fully saturated rings. The molecule has 0 radical (unpaired) electrons. The third-order valence-corrected chi connectivity index (χ3v) is 4.76. The predicted octanol–water partition coefficient (Wildman–Crippen LogP) is 2.64. The number of carbonyl (C=O) groups excluding carboxylic acids is 1. The molecule has 0 atom stereocenters. The van der Waals surface area contributed by atoms with Crippen LogP contribution in [0, 0.1) is 5.92 Å². The molecule has 0 aromatic carbocycles. The first-order chi connectivity index (χ1) is 9.20. The van der Waals surface area contributed by atoms with Gasteiger partial charge >= 0.3 is 0 Å². The molecule has 1 heterocycles. The van der Waals surface area contributed by atoms with Gasteiger partial charge in [-0.2, -0.15) is 0 Å². The zero-order valence-electron chi connectivity index (χ0n) is 11.6. The minimum absolute atomic E-state index is 0.0201. The maximum atomic E-state index is 12.2. The standard InChI is InChI=1S/C14H23N3OS/c1-17(8-7-11-5-3-2-4-6-11)14(18)12-10-19-13(9-15)16-12/h10-11H,2-9,15H2,1H3. The predicted molar refractivity (Wildman–Crippen MR) is 78.2 cm³/mol. The molecule has 1 saturated carbocycles. The fourth-order valence-electron chi connectivity index (χ4n) is 2.65. The molecule has 2 rings (SSSR count). The van der Waals surface area contributed by atoms with E-state index in [0.717, 1.165) is 23.9 Å². The van der Waals surface area contributed by atoms with Crippen LogP contribution < -0.4 is 5.73 Å². The Kier molecular flexibility index (Phi) is 5.34. The quantitative estimate of drug-likeness (QED) is 0.902. The number of nitrogens with zero attached hydrogens (tertiary/aromatic N) is 2. The van der Waals surface area contributed by atoms with Crippen LogP contribution in [0.2, 0.25) is 0 Å². The molecule has 0 saturated heterocycles. The molecule has 19 heavy (non-hydrogen) atoms. The first-order valence-corrected chi connectivity index (χ1v) is 7.98. The first-order valence-electron chi connectivity index (χ1n) is 7.10. The monoisotopic (exact) mass is 281 g/mol. The second-order valence-electron chi connectivity index (χ2n) is 5.35. The SMILES string of the molecule is CN(CCC1CCCCC1)C(=O)c1csc(CN)n1. The van der Waals surface area contributed by atoms with Crippen LogP contribution >= 0.6 is 11.3 Å². The van der Waals surface area contributed by atoms with Crippen molar-refractivity contribution < 1.29 is 4.79 Å². The molecule has 1 aliphatic rings. The van der Waals surface area contributed by atoms with E-state index in [1.54, 1.807) is 4.90 Å². The lowest BCUT2D eigenvalue weighted by Crippen LogP contribution is -2.29. The lowest BCUT2D eigenvalue weighted by Gasteiger charge is -2.24. The number of carbonyl (C=O) groups is 1. The molecule has 5 heteroatoms. The van der Waals surface area contributed by atoms with E-state index in [2.05, 4.69) is 4.98 Å². The van der Waals surface area contributed by atoms with Gasteiger partial charge in [0, 0.05) is 25.5 Å². The van der Waals surface area contributed by atoms with Crippen LogP contribution in [-0.2, 0) is 6.54 Å². The first kappa shape index (κ1) is 14.5. The Morgan fingerprint density at radius 2 is 2.21 bits per heavy atom. The van der Waals surface area contributed by atoms with E-state index in [1.807, 2.05) is 12.4 Å².